The van der Waals surface area contributed by atoms with Gasteiger partial charge in [0.2, 0.25) is 0 Å². The van der Waals surface area contributed by atoms with E-state index in [-0.39, 0.29) is 17.9 Å². The Morgan fingerprint density at radius 2 is 1.95 bits per heavy atom. The first-order valence-electron chi connectivity index (χ1n) is 7.42. The van der Waals surface area contributed by atoms with Crippen molar-refractivity contribution in [2.24, 2.45) is 4.99 Å². The first-order chi connectivity index (χ1) is 10.4. The van der Waals surface area contributed by atoms with Gasteiger partial charge in [0.15, 0.2) is 5.76 Å². The molecule has 0 aromatic heterocycles. The Balaban J connectivity index is 2.31. The van der Waals surface area contributed by atoms with E-state index in [0.717, 1.165) is 5.56 Å². The Bertz CT molecular complexity index is 664. The number of ether oxygens (including phenoxy) is 1. The molecule has 116 valence electrons. The third kappa shape index (κ3) is 3.27. The molecule has 4 heteroatoms. The van der Waals surface area contributed by atoms with Crippen molar-refractivity contribution in [2.75, 3.05) is 6.61 Å². The first-order valence-corrected chi connectivity index (χ1v) is 7.42. The van der Waals surface area contributed by atoms with Crippen molar-refractivity contribution >= 4 is 17.8 Å². The minimum Gasteiger partial charge on any atom is -0.505 e. The summed E-state index contributed by atoms with van der Waals surface area (Å²) in [6.45, 7) is 7.95. The van der Waals surface area contributed by atoms with Gasteiger partial charge in [0.25, 0.3) is 0 Å². The molecule has 0 unspecified atom stereocenters. The van der Waals surface area contributed by atoms with Crippen LogP contribution in [-0.2, 0) is 9.53 Å². The van der Waals surface area contributed by atoms with Gasteiger partial charge in [-0.3, -0.25) is 0 Å². The molecule has 0 atom stereocenters. The number of hydrogen-bond donors (Lipinski definition) is 1. The van der Waals surface area contributed by atoms with Gasteiger partial charge in [-0.2, -0.15) is 0 Å². The Morgan fingerprint density at radius 3 is 2.50 bits per heavy atom. The number of carbonyl (C=O) groups excluding carboxylic acids is 1. The molecule has 1 N–H and O–H groups in total. The third-order valence-electron chi connectivity index (χ3n) is 3.52. The number of esters is 1. The van der Waals surface area contributed by atoms with Crippen molar-refractivity contribution in [3.05, 3.63) is 52.4 Å². The van der Waals surface area contributed by atoms with Crippen LogP contribution in [0, 0.1) is 0 Å². The van der Waals surface area contributed by atoms with Gasteiger partial charge < -0.3 is 9.84 Å². The fourth-order valence-corrected chi connectivity index (χ4v) is 2.27. The van der Waals surface area contributed by atoms with Crippen molar-refractivity contribution < 1.29 is 14.6 Å². The van der Waals surface area contributed by atoms with Crippen LogP contribution < -0.4 is 0 Å². The SMILES string of the molecule is CCOC(=O)C1=C(O)C(=Cc2ccc(C(C)C)cc2)N=C1C. The molecule has 0 spiro atoms. The van der Waals surface area contributed by atoms with Crippen molar-refractivity contribution in [1.82, 2.24) is 0 Å². The number of aliphatic imine (C=N–C) groups is 1. The van der Waals surface area contributed by atoms with Crippen LogP contribution in [-0.4, -0.2) is 23.4 Å². The van der Waals surface area contributed by atoms with Gasteiger partial charge in [-0.1, -0.05) is 38.1 Å². The van der Waals surface area contributed by atoms with Crippen LogP contribution in [0.25, 0.3) is 6.08 Å². The van der Waals surface area contributed by atoms with Crippen molar-refractivity contribution in [2.45, 2.75) is 33.6 Å². The predicted molar refractivity (Wildman–Crippen MR) is 87.9 cm³/mol. The zero-order chi connectivity index (χ0) is 16.3. The van der Waals surface area contributed by atoms with Crippen LogP contribution in [0.15, 0.2) is 46.3 Å². The Morgan fingerprint density at radius 1 is 1.32 bits per heavy atom. The van der Waals surface area contributed by atoms with E-state index < -0.39 is 5.97 Å². The van der Waals surface area contributed by atoms with Gasteiger partial charge in [-0.15, -0.1) is 0 Å². The van der Waals surface area contributed by atoms with E-state index in [1.807, 2.05) is 12.1 Å². The van der Waals surface area contributed by atoms with Gasteiger partial charge in [-0.25, -0.2) is 9.79 Å². The molecule has 0 amide bonds. The molecule has 1 aromatic carbocycles. The third-order valence-corrected chi connectivity index (χ3v) is 3.52. The Hall–Kier alpha value is -2.36. The molecule has 2 rings (SSSR count). The highest BCUT2D eigenvalue weighted by molar-refractivity contribution is 6.22. The second-order valence-electron chi connectivity index (χ2n) is 5.49. The average molecular weight is 299 g/mol. The van der Waals surface area contributed by atoms with E-state index in [9.17, 15) is 9.90 Å². The number of carbonyl (C=O) groups is 1. The van der Waals surface area contributed by atoms with Crippen LogP contribution >= 0.6 is 0 Å². The summed E-state index contributed by atoms with van der Waals surface area (Å²) in [7, 11) is 0. The van der Waals surface area contributed by atoms with E-state index >= 15 is 0 Å². The molecule has 1 aromatic rings. The zero-order valence-corrected chi connectivity index (χ0v) is 13.4. The predicted octanol–water partition coefficient (Wildman–Crippen LogP) is 4.00. The van der Waals surface area contributed by atoms with Crippen molar-refractivity contribution in [3.63, 3.8) is 0 Å². The molecular weight excluding hydrogens is 278 g/mol. The molecule has 0 aliphatic carbocycles. The van der Waals surface area contributed by atoms with Crippen LogP contribution in [0.3, 0.4) is 0 Å². The summed E-state index contributed by atoms with van der Waals surface area (Å²) in [4.78, 5) is 16.1. The van der Waals surface area contributed by atoms with Gasteiger partial charge in [0.05, 0.1) is 12.3 Å². The lowest BCUT2D eigenvalue weighted by Crippen LogP contribution is -2.13. The van der Waals surface area contributed by atoms with Crippen LogP contribution in [0.4, 0.5) is 0 Å². The molecule has 1 heterocycles. The zero-order valence-electron chi connectivity index (χ0n) is 13.4. The Kier molecular flexibility index (Phi) is 4.81. The van der Waals surface area contributed by atoms with E-state index in [2.05, 4.69) is 31.0 Å². The average Bonchev–Trinajstić information content (AvgIpc) is 2.74. The number of rotatable bonds is 4. The first kappa shape index (κ1) is 16.0. The van der Waals surface area contributed by atoms with E-state index in [0.29, 0.717) is 17.3 Å². The summed E-state index contributed by atoms with van der Waals surface area (Å²) in [5.41, 5.74) is 3.18. The molecule has 1 aliphatic heterocycles. The lowest BCUT2D eigenvalue weighted by molar-refractivity contribution is -0.138. The molecular formula is C18H21NO3. The van der Waals surface area contributed by atoms with Gasteiger partial charge in [0, 0.05) is 0 Å². The summed E-state index contributed by atoms with van der Waals surface area (Å²) < 4.78 is 4.94. The Labute approximate surface area is 130 Å². The van der Waals surface area contributed by atoms with Crippen LogP contribution in [0.1, 0.15) is 44.7 Å². The van der Waals surface area contributed by atoms with Crippen molar-refractivity contribution in [1.29, 1.82) is 0 Å². The number of aliphatic hydroxyl groups is 1. The smallest absolute Gasteiger partial charge is 0.343 e. The largest absolute Gasteiger partial charge is 0.505 e. The standard InChI is InChI=1S/C18H21NO3/c1-5-22-18(21)16-12(4)19-15(17(16)20)10-13-6-8-14(9-7-13)11(2)3/h6-11,20H,5H2,1-4H3. The molecule has 0 bridgehead atoms. The summed E-state index contributed by atoms with van der Waals surface area (Å²) in [6.07, 6.45) is 1.76. The van der Waals surface area contributed by atoms with Gasteiger partial charge in [-0.05, 0) is 37.0 Å². The lowest BCUT2D eigenvalue weighted by Gasteiger charge is -2.05. The molecule has 1 aliphatic rings. The fourth-order valence-electron chi connectivity index (χ4n) is 2.27. The number of benzene rings is 1. The topological polar surface area (TPSA) is 58.9 Å². The molecule has 4 nitrogen and oxygen atoms in total. The summed E-state index contributed by atoms with van der Waals surface area (Å²) in [6, 6.07) is 8.05. The maximum atomic E-state index is 11.8. The van der Waals surface area contributed by atoms with Gasteiger partial charge in [0.1, 0.15) is 11.3 Å². The highest BCUT2D eigenvalue weighted by Gasteiger charge is 2.27. The highest BCUT2D eigenvalue weighted by Crippen LogP contribution is 2.26. The normalized spacial score (nSPS) is 16.4. The molecule has 22 heavy (non-hydrogen) atoms. The maximum Gasteiger partial charge on any atom is 0.343 e. The molecule has 0 saturated heterocycles. The van der Waals surface area contributed by atoms with Crippen LogP contribution in [0.2, 0.25) is 0 Å². The highest BCUT2D eigenvalue weighted by atomic mass is 16.5. The van der Waals surface area contributed by atoms with Crippen LogP contribution in [0.5, 0.6) is 0 Å². The lowest BCUT2D eigenvalue weighted by atomic mass is 10.0. The van der Waals surface area contributed by atoms with E-state index in [1.54, 1.807) is 19.9 Å². The second-order valence-corrected chi connectivity index (χ2v) is 5.49. The summed E-state index contributed by atoms with van der Waals surface area (Å²) >= 11 is 0. The quantitative estimate of drug-likeness (QED) is 0.855. The molecule has 0 radical (unpaired) electrons. The number of nitrogens with zero attached hydrogens (tertiary/aromatic N) is 1. The minimum absolute atomic E-state index is 0.121. The second kappa shape index (κ2) is 6.60. The number of aliphatic hydroxyl groups excluding tert-OH is 1. The summed E-state index contributed by atoms with van der Waals surface area (Å²) in [5, 5.41) is 10.2. The maximum absolute atomic E-state index is 11.8. The fraction of sp³-hybridized carbons (Fsp3) is 0.333. The van der Waals surface area contributed by atoms with E-state index in [1.165, 1.54) is 5.56 Å². The van der Waals surface area contributed by atoms with Crippen molar-refractivity contribution in [3.8, 4) is 0 Å². The number of hydrogen-bond acceptors (Lipinski definition) is 4. The monoisotopic (exact) mass is 299 g/mol. The van der Waals surface area contributed by atoms with E-state index in [4.69, 9.17) is 4.74 Å². The van der Waals surface area contributed by atoms with Gasteiger partial charge >= 0.3 is 5.97 Å². The minimum atomic E-state index is -0.542. The molecule has 0 fully saturated rings. The molecule has 0 saturated carbocycles. The summed E-state index contributed by atoms with van der Waals surface area (Å²) in [5.74, 6) is -0.194.